The molecular weight excluding hydrogens is 850 g/mol. The Morgan fingerprint density at radius 1 is 0.390 bits per heavy atom. The van der Waals surface area contributed by atoms with Crippen LogP contribution in [0.2, 0.25) is 0 Å². The van der Waals surface area contributed by atoms with Crippen molar-refractivity contribution in [1.29, 1.82) is 0 Å². The van der Waals surface area contributed by atoms with Gasteiger partial charge in [-0.15, -0.1) is 0 Å². The maximum Gasteiger partial charge on any atom is 0.0541 e. The van der Waals surface area contributed by atoms with Gasteiger partial charge in [0.1, 0.15) is 0 Å². The fourth-order valence-electron chi connectivity index (χ4n) is 9.14. The lowest BCUT2D eigenvalue weighted by molar-refractivity contribution is 0.591. The average Bonchev–Trinajstić information content (AvgIpc) is 3.76. The second kappa shape index (κ2) is 13.5. The number of para-hydroxylation sites is 4. The number of rotatable bonds is 4. The smallest absolute Gasteiger partial charge is 0.0541 e. The lowest BCUT2D eigenvalue weighted by atomic mass is 9.82. The van der Waals surface area contributed by atoms with Gasteiger partial charge in [0.15, 0.2) is 0 Å². The minimum atomic E-state index is -0.113. The molecule has 0 aliphatic carbocycles. The Kier molecular flexibility index (Phi) is 8.20. The molecule has 0 spiro atoms. The molecule has 0 saturated heterocycles. The van der Waals surface area contributed by atoms with Crippen molar-refractivity contribution in [1.82, 2.24) is 9.13 Å². The summed E-state index contributed by atoms with van der Waals surface area (Å²) in [5.74, 6) is 0. The molecule has 2 N–H and O–H groups in total. The van der Waals surface area contributed by atoms with Crippen molar-refractivity contribution in [2.24, 2.45) is 0 Å². The van der Waals surface area contributed by atoms with E-state index in [2.05, 4.69) is 232 Å². The minimum absolute atomic E-state index is 0.113. The predicted molar refractivity (Wildman–Crippen MR) is 260 cm³/mol. The zero-order valence-corrected chi connectivity index (χ0v) is 36.1. The zero-order chi connectivity index (χ0) is 40.2. The Labute approximate surface area is 359 Å². The summed E-state index contributed by atoms with van der Waals surface area (Å²) >= 11 is 8.05. The Bertz CT molecular complexity index is 3200. The Balaban J connectivity index is 1.04. The summed E-state index contributed by atoms with van der Waals surface area (Å²) in [6.07, 6.45) is 0. The van der Waals surface area contributed by atoms with E-state index in [0.717, 1.165) is 69.8 Å². The van der Waals surface area contributed by atoms with Crippen LogP contribution in [0.4, 0.5) is 5.69 Å². The summed E-state index contributed by atoms with van der Waals surface area (Å²) < 4.78 is 6.75. The number of aromatic nitrogens is 2. The number of nitrogen functional groups attached to an aromatic ring is 1. The molecule has 0 amide bonds. The maximum atomic E-state index is 7.33. The van der Waals surface area contributed by atoms with Gasteiger partial charge in [0.25, 0.3) is 0 Å². The van der Waals surface area contributed by atoms with Crippen LogP contribution in [0, 0.1) is 0 Å². The SMILES string of the molecule is CC(C)(C)c1cc(-c2cc3ccc(-n4c5ccccc5c5ccccc54)cc3cc2Br)c(N)c(-c2cc3ccc(-n4c5ccccc5c5ccccc54)cc3cc2Br)c1. The molecule has 0 saturated carbocycles. The molecule has 0 aliphatic rings. The number of anilines is 1. The van der Waals surface area contributed by atoms with Crippen molar-refractivity contribution in [3.63, 3.8) is 0 Å². The Morgan fingerprint density at radius 3 is 1.10 bits per heavy atom. The molecule has 11 rings (SSSR count). The van der Waals surface area contributed by atoms with Gasteiger partial charge < -0.3 is 14.9 Å². The van der Waals surface area contributed by atoms with Crippen LogP contribution in [-0.2, 0) is 5.41 Å². The van der Waals surface area contributed by atoms with Gasteiger partial charge in [-0.25, -0.2) is 0 Å². The van der Waals surface area contributed by atoms with Crippen LogP contribution in [0.3, 0.4) is 0 Å². The maximum absolute atomic E-state index is 7.33. The first kappa shape index (κ1) is 36.0. The number of fused-ring (bicyclic) bond motifs is 8. The summed E-state index contributed by atoms with van der Waals surface area (Å²) in [5, 5.41) is 9.64. The fourth-order valence-corrected chi connectivity index (χ4v) is 10.3. The highest BCUT2D eigenvalue weighted by molar-refractivity contribution is 9.11. The largest absolute Gasteiger partial charge is 0.398 e. The number of nitrogens with zero attached hydrogens (tertiary/aromatic N) is 2. The molecular formula is C54H39Br2N3. The monoisotopic (exact) mass is 887 g/mol. The summed E-state index contributed by atoms with van der Waals surface area (Å²) in [4.78, 5) is 0. The van der Waals surface area contributed by atoms with Gasteiger partial charge in [-0.1, -0.05) is 138 Å². The van der Waals surface area contributed by atoms with Gasteiger partial charge >= 0.3 is 0 Å². The quantitative estimate of drug-likeness (QED) is 0.176. The van der Waals surface area contributed by atoms with Crippen molar-refractivity contribution in [2.45, 2.75) is 26.2 Å². The van der Waals surface area contributed by atoms with Crippen molar-refractivity contribution < 1.29 is 0 Å². The van der Waals surface area contributed by atoms with Gasteiger partial charge in [-0.2, -0.15) is 0 Å². The second-order valence-corrected chi connectivity index (χ2v) is 18.4. The summed E-state index contributed by atoms with van der Waals surface area (Å²) in [6, 6.07) is 61.8. The van der Waals surface area contributed by atoms with Crippen molar-refractivity contribution in [3.8, 4) is 33.6 Å². The van der Waals surface area contributed by atoms with Crippen molar-refractivity contribution in [2.75, 3.05) is 5.73 Å². The van der Waals surface area contributed by atoms with E-state index in [1.807, 2.05) is 0 Å². The molecule has 0 bridgehead atoms. The summed E-state index contributed by atoms with van der Waals surface area (Å²) in [5.41, 5.74) is 20.4. The first-order valence-electron chi connectivity index (χ1n) is 20.0. The summed E-state index contributed by atoms with van der Waals surface area (Å²) in [7, 11) is 0. The lowest BCUT2D eigenvalue weighted by Crippen LogP contribution is -2.12. The average molecular weight is 890 g/mol. The molecule has 0 radical (unpaired) electrons. The van der Waals surface area contributed by atoms with E-state index < -0.39 is 0 Å². The van der Waals surface area contributed by atoms with Gasteiger partial charge in [-0.05, 0) is 129 Å². The zero-order valence-electron chi connectivity index (χ0n) is 32.9. The van der Waals surface area contributed by atoms with E-state index in [-0.39, 0.29) is 5.41 Å². The molecule has 0 aliphatic heterocycles. The number of nitrogens with two attached hydrogens (primary N) is 1. The van der Waals surface area contributed by atoms with E-state index in [4.69, 9.17) is 5.73 Å². The number of halogens is 2. The van der Waals surface area contributed by atoms with Gasteiger partial charge in [-0.3, -0.25) is 0 Å². The van der Waals surface area contributed by atoms with E-state index in [9.17, 15) is 0 Å². The van der Waals surface area contributed by atoms with Crippen LogP contribution < -0.4 is 5.73 Å². The van der Waals surface area contributed by atoms with Crippen LogP contribution in [0.25, 0.3) is 98.8 Å². The van der Waals surface area contributed by atoms with E-state index >= 15 is 0 Å². The third-order valence-electron chi connectivity index (χ3n) is 12.1. The second-order valence-electron chi connectivity index (χ2n) is 16.7. The summed E-state index contributed by atoms with van der Waals surface area (Å²) in [6.45, 7) is 6.80. The highest BCUT2D eigenvalue weighted by atomic mass is 79.9. The molecule has 2 aromatic heterocycles. The van der Waals surface area contributed by atoms with Crippen molar-refractivity contribution in [3.05, 3.63) is 184 Å². The molecule has 0 atom stereocenters. The molecule has 3 nitrogen and oxygen atoms in total. The minimum Gasteiger partial charge on any atom is -0.398 e. The molecule has 9 aromatic carbocycles. The molecule has 284 valence electrons. The van der Waals surface area contributed by atoms with E-state index in [1.165, 1.54) is 49.2 Å². The molecule has 0 fully saturated rings. The number of hydrogen-bond donors (Lipinski definition) is 1. The lowest BCUT2D eigenvalue weighted by Gasteiger charge is -2.24. The predicted octanol–water partition coefficient (Wildman–Crippen LogP) is 15.9. The standard InChI is InChI=1S/C54H39Br2N3/c1-54(2,3)36-30-45(43-26-32-20-22-37(24-34(32)28-47(43)55)58-49-16-8-4-12-39(49)40-13-5-9-17-50(40)58)53(57)46(31-36)44-27-33-21-23-38(25-35(33)29-48(44)56)59-51-18-10-6-14-41(51)42-15-7-11-19-52(42)59/h4-31H,57H2,1-3H3. The number of benzene rings is 9. The van der Waals surface area contributed by atoms with Crippen LogP contribution >= 0.6 is 31.9 Å². The highest BCUT2D eigenvalue weighted by Crippen LogP contribution is 2.46. The van der Waals surface area contributed by atoms with E-state index in [1.54, 1.807) is 0 Å². The highest BCUT2D eigenvalue weighted by Gasteiger charge is 2.23. The van der Waals surface area contributed by atoms with Crippen LogP contribution in [-0.4, -0.2) is 9.13 Å². The first-order valence-corrected chi connectivity index (χ1v) is 21.6. The van der Waals surface area contributed by atoms with E-state index in [0.29, 0.717) is 0 Å². The van der Waals surface area contributed by atoms with Gasteiger partial charge in [0.05, 0.1) is 22.1 Å². The third-order valence-corrected chi connectivity index (χ3v) is 13.4. The molecule has 11 aromatic rings. The topological polar surface area (TPSA) is 35.9 Å². The molecule has 0 unspecified atom stereocenters. The van der Waals surface area contributed by atoms with Crippen LogP contribution in [0.1, 0.15) is 26.3 Å². The molecule has 5 heteroatoms. The van der Waals surface area contributed by atoms with Crippen LogP contribution in [0.5, 0.6) is 0 Å². The normalized spacial score (nSPS) is 12.2. The van der Waals surface area contributed by atoms with Crippen molar-refractivity contribution >= 4 is 103 Å². The Hall–Kier alpha value is -6.14. The third kappa shape index (κ3) is 5.74. The molecule has 2 heterocycles. The molecule has 59 heavy (non-hydrogen) atoms. The van der Waals surface area contributed by atoms with Crippen LogP contribution in [0.15, 0.2) is 179 Å². The van der Waals surface area contributed by atoms with Gasteiger partial charge in [0.2, 0.25) is 0 Å². The number of hydrogen-bond acceptors (Lipinski definition) is 1. The fraction of sp³-hybridized carbons (Fsp3) is 0.0741. The first-order chi connectivity index (χ1) is 28.6. The van der Waals surface area contributed by atoms with Gasteiger partial charge in [0, 0.05) is 58.7 Å². The Morgan fingerprint density at radius 2 is 0.746 bits per heavy atom.